The number of hydrogen-bond acceptors (Lipinski definition) is 3. The summed E-state index contributed by atoms with van der Waals surface area (Å²) in [6, 6.07) is 26.9. The first kappa shape index (κ1) is 21.7. The molecule has 0 radical (unpaired) electrons. The monoisotopic (exact) mass is 517 g/mol. The normalized spacial score (nSPS) is 17.8. The summed E-state index contributed by atoms with van der Waals surface area (Å²) in [5.74, 6) is 0. The molecule has 166 valence electrons. The van der Waals surface area contributed by atoms with Crippen LogP contribution in [0.3, 0.4) is 0 Å². The van der Waals surface area contributed by atoms with Crippen LogP contribution < -0.4 is 15.1 Å². The van der Waals surface area contributed by atoms with Crippen LogP contribution in [0.2, 0.25) is 0 Å². The van der Waals surface area contributed by atoms with Crippen molar-refractivity contribution in [3.8, 4) is 5.69 Å². The van der Waals surface area contributed by atoms with Gasteiger partial charge in [-0.2, -0.15) is 0 Å². The molecule has 5 rings (SSSR count). The third kappa shape index (κ3) is 4.14. The van der Waals surface area contributed by atoms with Crippen LogP contribution in [0.25, 0.3) is 5.69 Å². The van der Waals surface area contributed by atoms with Gasteiger partial charge in [0, 0.05) is 53.7 Å². The first-order valence-electron chi connectivity index (χ1n) is 10.7. The molecule has 33 heavy (non-hydrogen) atoms. The molecule has 1 fully saturated rings. The molecule has 5 nitrogen and oxygen atoms in total. The molecule has 2 aromatic carbocycles. The minimum atomic E-state index is -0.0867. The number of nitrogens with zero attached hydrogens (tertiary/aromatic N) is 4. The van der Waals surface area contributed by atoms with E-state index in [9.17, 15) is 0 Å². The zero-order valence-corrected chi connectivity index (χ0v) is 20.8. The molecular formula is C26H24BrN5S. The van der Waals surface area contributed by atoms with Crippen molar-refractivity contribution in [1.82, 2.24) is 14.9 Å². The molecule has 2 atom stereocenters. The van der Waals surface area contributed by atoms with Gasteiger partial charge in [0.1, 0.15) is 6.04 Å². The van der Waals surface area contributed by atoms with E-state index < -0.39 is 0 Å². The Kier molecular flexibility index (Phi) is 5.91. The van der Waals surface area contributed by atoms with Crippen LogP contribution in [0.1, 0.15) is 23.5 Å². The Bertz CT molecular complexity index is 1250. The number of thiocarbonyl (C=S) groups is 1. The van der Waals surface area contributed by atoms with Crippen LogP contribution in [0.15, 0.2) is 95.7 Å². The van der Waals surface area contributed by atoms with Crippen molar-refractivity contribution in [2.45, 2.75) is 12.1 Å². The standard InChI is InChI=1S/C26H24BrN5S/c1-30(2)19-12-14-21(15-13-19)32-25(24(29-26(32)33)22-6-3-4-16-28-22)23-7-5-17-31(23)20-10-8-18(27)9-11-20/h3-17,24-25H,1-2H3,(H,29,33)/t24-,25+/m1/s1. The second-order valence-electron chi connectivity index (χ2n) is 8.19. The summed E-state index contributed by atoms with van der Waals surface area (Å²) < 4.78 is 3.28. The van der Waals surface area contributed by atoms with Gasteiger partial charge in [-0.05, 0) is 85.0 Å². The van der Waals surface area contributed by atoms with E-state index in [1.54, 1.807) is 0 Å². The highest BCUT2D eigenvalue weighted by molar-refractivity contribution is 9.10. The summed E-state index contributed by atoms with van der Waals surface area (Å²) in [4.78, 5) is 8.97. The predicted octanol–water partition coefficient (Wildman–Crippen LogP) is 5.88. The quantitative estimate of drug-likeness (QED) is 0.334. The fraction of sp³-hybridized carbons (Fsp3) is 0.154. The first-order valence-corrected chi connectivity index (χ1v) is 11.9. The van der Waals surface area contributed by atoms with E-state index in [-0.39, 0.29) is 12.1 Å². The minimum Gasteiger partial charge on any atom is -0.378 e. The Labute approximate surface area is 207 Å². The maximum absolute atomic E-state index is 5.87. The first-order chi connectivity index (χ1) is 16.0. The van der Waals surface area contributed by atoms with Crippen LogP contribution >= 0.6 is 28.1 Å². The fourth-order valence-corrected chi connectivity index (χ4v) is 4.93. The Morgan fingerprint density at radius 3 is 2.30 bits per heavy atom. The number of hydrogen-bond donors (Lipinski definition) is 1. The fourth-order valence-electron chi connectivity index (χ4n) is 4.32. The molecule has 4 aromatic rings. The van der Waals surface area contributed by atoms with Gasteiger partial charge in [0.25, 0.3) is 0 Å². The average molecular weight is 518 g/mol. The van der Waals surface area contributed by atoms with Crippen molar-refractivity contribution in [1.29, 1.82) is 0 Å². The van der Waals surface area contributed by atoms with Gasteiger partial charge >= 0.3 is 0 Å². The van der Waals surface area contributed by atoms with Crippen molar-refractivity contribution in [3.05, 3.63) is 107 Å². The number of halogens is 1. The molecule has 0 bridgehead atoms. The summed E-state index contributed by atoms with van der Waals surface area (Å²) in [7, 11) is 4.09. The topological polar surface area (TPSA) is 36.3 Å². The zero-order chi connectivity index (χ0) is 22.9. The van der Waals surface area contributed by atoms with E-state index >= 15 is 0 Å². The highest BCUT2D eigenvalue weighted by Gasteiger charge is 2.42. The minimum absolute atomic E-state index is 0.0729. The molecule has 0 unspecified atom stereocenters. The number of pyridine rings is 1. The van der Waals surface area contributed by atoms with Crippen LogP contribution in [0.5, 0.6) is 0 Å². The summed E-state index contributed by atoms with van der Waals surface area (Å²) in [5, 5.41) is 4.24. The molecule has 0 spiro atoms. The van der Waals surface area contributed by atoms with Gasteiger partial charge in [-0.25, -0.2) is 0 Å². The maximum Gasteiger partial charge on any atom is 0.174 e. The van der Waals surface area contributed by atoms with Gasteiger partial charge in [-0.3, -0.25) is 4.98 Å². The Morgan fingerprint density at radius 2 is 1.64 bits per heavy atom. The van der Waals surface area contributed by atoms with E-state index in [0.29, 0.717) is 5.11 Å². The van der Waals surface area contributed by atoms with Crippen LogP contribution in [-0.2, 0) is 0 Å². The van der Waals surface area contributed by atoms with E-state index in [1.807, 2.05) is 32.4 Å². The van der Waals surface area contributed by atoms with E-state index in [2.05, 4.69) is 114 Å². The summed E-state index contributed by atoms with van der Waals surface area (Å²) >= 11 is 9.41. The van der Waals surface area contributed by atoms with Crippen molar-refractivity contribution < 1.29 is 0 Å². The number of nitrogens with one attached hydrogen (secondary N) is 1. The van der Waals surface area contributed by atoms with Gasteiger partial charge in [0.05, 0.1) is 11.7 Å². The Balaban J connectivity index is 1.63. The molecule has 1 saturated heterocycles. The lowest BCUT2D eigenvalue weighted by Crippen LogP contribution is -2.30. The summed E-state index contributed by atoms with van der Waals surface area (Å²) in [5.41, 5.74) is 5.38. The molecule has 7 heteroatoms. The smallest absolute Gasteiger partial charge is 0.174 e. The third-order valence-electron chi connectivity index (χ3n) is 5.93. The maximum atomic E-state index is 5.87. The molecular weight excluding hydrogens is 494 g/mol. The average Bonchev–Trinajstić information content (AvgIpc) is 3.44. The Morgan fingerprint density at radius 1 is 0.909 bits per heavy atom. The van der Waals surface area contributed by atoms with Gasteiger partial charge in [-0.15, -0.1) is 0 Å². The number of rotatable bonds is 5. The number of benzene rings is 2. The lowest BCUT2D eigenvalue weighted by Gasteiger charge is -2.29. The summed E-state index contributed by atoms with van der Waals surface area (Å²) in [6.07, 6.45) is 3.93. The van der Waals surface area contributed by atoms with Gasteiger partial charge in [0.2, 0.25) is 0 Å². The Hall–Kier alpha value is -3.16. The molecule has 1 aliphatic heterocycles. The second-order valence-corrected chi connectivity index (χ2v) is 9.49. The number of anilines is 2. The van der Waals surface area contributed by atoms with Gasteiger partial charge in [0.15, 0.2) is 5.11 Å². The largest absolute Gasteiger partial charge is 0.378 e. The molecule has 0 aliphatic carbocycles. The SMILES string of the molecule is CN(C)c1ccc(N2C(=S)N[C@H](c3ccccn3)[C@@H]2c2cccn2-c2ccc(Br)cc2)cc1. The van der Waals surface area contributed by atoms with Crippen molar-refractivity contribution in [2.75, 3.05) is 23.9 Å². The third-order valence-corrected chi connectivity index (χ3v) is 6.77. The van der Waals surface area contributed by atoms with Crippen molar-refractivity contribution in [2.24, 2.45) is 0 Å². The van der Waals surface area contributed by atoms with Crippen LogP contribution in [-0.4, -0.2) is 28.8 Å². The van der Waals surface area contributed by atoms with Gasteiger partial charge in [-0.1, -0.05) is 22.0 Å². The van der Waals surface area contributed by atoms with Crippen molar-refractivity contribution >= 4 is 44.6 Å². The van der Waals surface area contributed by atoms with Crippen LogP contribution in [0, 0.1) is 0 Å². The highest BCUT2D eigenvalue weighted by atomic mass is 79.9. The predicted molar refractivity (Wildman–Crippen MR) is 142 cm³/mol. The van der Waals surface area contributed by atoms with Gasteiger partial charge < -0.3 is 19.7 Å². The van der Waals surface area contributed by atoms with E-state index in [1.165, 1.54) is 0 Å². The molecule has 1 N–H and O–H groups in total. The zero-order valence-electron chi connectivity index (χ0n) is 18.4. The summed E-state index contributed by atoms with van der Waals surface area (Å²) in [6.45, 7) is 0. The highest BCUT2D eigenvalue weighted by Crippen LogP contribution is 2.42. The second kappa shape index (κ2) is 9.00. The van der Waals surface area contributed by atoms with E-state index in [0.717, 1.165) is 32.9 Å². The van der Waals surface area contributed by atoms with Crippen LogP contribution in [0.4, 0.5) is 11.4 Å². The number of aromatic nitrogens is 2. The molecule has 0 saturated carbocycles. The molecule has 1 aliphatic rings. The van der Waals surface area contributed by atoms with Crippen molar-refractivity contribution in [3.63, 3.8) is 0 Å². The lowest BCUT2D eigenvalue weighted by atomic mass is 10.0. The van der Waals surface area contributed by atoms with E-state index in [4.69, 9.17) is 12.2 Å². The molecule has 3 heterocycles. The lowest BCUT2D eigenvalue weighted by molar-refractivity contribution is 0.549. The molecule has 2 aromatic heterocycles. The molecule has 0 amide bonds.